The molecule has 1 N–H and O–H groups in total. The van der Waals surface area contributed by atoms with Crippen LogP contribution in [0.1, 0.15) is 39.9 Å². The highest BCUT2D eigenvalue weighted by atomic mass is 32.1. The van der Waals surface area contributed by atoms with E-state index in [1.807, 2.05) is 18.4 Å². The van der Waals surface area contributed by atoms with Gasteiger partial charge < -0.3 is 14.4 Å². The van der Waals surface area contributed by atoms with Gasteiger partial charge in [0.25, 0.3) is 5.91 Å². The minimum atomic E-state index is -1.01. The Labute approximate surface area is 139 Å². The first-order valence-electron chi connectivity index (χ1n) is 7.63. The lowest BCUT2D eigenvalue weighted by atomic mass is 10.1. The van der Waals surface area contributed by atoms with E-state index in [1.54, 1.807) is 23.2 Å². The first-order chi connectivity index (χ1) is 11.0. The predicted octanol–water partition coefficient (Wildman–Crippen LogP) is 3.37. The van der Waals surface area contributed by atoms with E-state index in [-0.39, 0.29) is 18.1 Å². The molecule has 0 unspecified atom stereocenters. The average Bonchev–Trinajstić information content (AvgIpc) is 3.12. The Morgan fingerprint density at radius 3 is 2.74 bits per heavy atom. The van der Waals surface area contributed by atoms with Crippen LogP contribution < -0.4 is 0 Å². The van der Waals surface area contributed by atoms with Gasteiger partial charge in [-0.25, -0.2) is 0 Å². The molecule has 0 spiro atoms. The molecule has 124 valence electrons. The second-order valence-electron chi connectivity index (χ2n) is 5.41. The molecule has 0 atom stereocenters. The van der Waals surface area contributed by atoms with Crippen LogP contribution in [-0.2, 0) is 17.6 Å². The number of rotatable bonds is 8. The lowest BCUT2D eigenvalue weighted by Crippen LogP contribution is -2.34. The van der Waals surface area contributed by atoms with Crippen molar-refractivity contribution in [2.75, 3.05) is 13.1 Å². The average molecular weight is 335 g/mol. The summed E-state index contributed by atoms with van der Waals surface area (Å²) < 4.78 is 5.28. The highest BCUT2D eigenvalue weighted by Gasteiger charge is 2.24. The number of carbonyl (C=O) groups excluding carboxylic acids is 1. The zero-order chi connectivity index (χ0) is 16.8. The number of amides is 1. The summed E-state index contributed by atoms with van der Waals surface area (Å²) in [5.74, 6) is -0.919. The lowest BCUT2D eigenvalue weighted by molar-refractivity contribution is -0.136. The Morgan fingerprint density at radius 2 is 2.13 bits per heavy atom. The molecule has 0 aromatic carbocycles. The van der Waals surface area contributed by atoms with Crippen molar-refractivity contribution in [2.45, 2.75) is 33.1 Å². The second kappa shape index (κ2) is 7.97. The van der Waals surface area contributed by atoms with Crippen molar-refractivity contribution in [2.24, 2.45) is 0 Å². The molecule has 0 radical (unpaired) electrons. The van der Waals surface area contributed by atoms with Gasteiger partial charge >= 0.3 is 5.97 Å². The summed E-state index contributed by atoms with van der Waals surface area (Å²) in [7, 11) is 0. The topological polar surface area (TPSA) is 70.8 Å². The molecule has 2 heterocycles. The molecule has 2 rings (SSSR count). The van der Waals surface area contributed by atoms with Gasteiger partial charge in [-0.1, -0.05) is 13.0 Å². The fourth-order valence-corrected chi connectivity index (χ4v) is 3.19. The number of carboxylic acids is 1. The Hall–Kier alpha value is -2.08. The van der Waals surface area contributed by atoms with Crippen LogP contribution in [0.5, 0.6) is 0 Å². The first kappa shape index (κ1) is 17.3. The lowest BCUT2D eigenvalue weighted by Gasteiger charge is -2.22. The third-order valence-corrected chi connectivity index (χ3v) is 4.50. The maximum atomic E-state index is 12.9. The van der Waals surface area contributed by atoms with Gasteiger partial charge in [0.2, 0.25) is 0 Å². The van der Waals surface area contributed by atoms with Crippen molar-refractivity contribution in [1.29, 1.82) is 0 Å². The van der Waals surface area contributed by atoms with Crippen LogP contribution in [0.15, 0.2) is 28.2 Å². The number of hydrogen-bond donors (Lipinski definition) is 1. The maximum Gasteiger partial charge on any atom is 0.311 e. The summed E-state index contributed by atoms with van der Waals surface area (Å²) in [6.45, 7) is 5.04. The van der Waals surface area contributed by atoms with Gasteiger partial charge in [0.05, 0.1) is 11.8 Å². The Bertz CT molecular complexity index is 660. The number of aryl methyl sites for hydroxylation is 1. The molecule has 2 aromatic heterocycles. The minimum absolute atomic E-state index is 0.147. The second-order valence-corrected chi connectivity index (χ2v) is 6.44. The van der Waals surface area contributed by atoms with Crippen molar-refractivity contribution in [3.8, 4) is 0 Å². The molecule has 2 aromatic rings. The van der Waals surface area contributed by atoms with Gasteiger partial charge in [-0.3, -0.25) is 9.59 Å². The summed E-state index contributed by atoms with van der Waals surface area (Å²) >= 11 is 1.67. The number of hydrogen-bond acceptors (Lipinski definition) is 4. The number of thiophene rings is 1. The third-order valence-electron chi connectivity index (χ3n) is 3.57. The molecule has 23 heavy (non-hydrogen) atoms. The van der Waals surface area contributed by atoms with Crippen LogP contribution >= 0.6 is 11.3 Å². The van der Waals surface area contributed by atoms with Gasteiger partial charge in [0.1, 0.15) is 12.2 Å². The maximum absolute atomic E-state index is 12.9. The standard InChI is InChI=1S/C17H21NO4S/c1-3-7-18(8-6-13-5-4-9-23-13)17(21)16-12(2)11-22-14(16)10-15(19)20/h4-5,9,11H,3,6-8,10H2,1-2H3,(H,19,20). The molecule has 0 saturated heterocycles. The quantitative estimate of drug-likeness (QED) is 0.803. The van der Waals surface area contributed by atoms with Gasteiger partial charge in [-0.05, 0) is 31.2 Å². The number of carboxylic acid groups (broad SMARTS) is 1. The third kappa shape index (κ3) is 4.45. The van der Waals surface area contributed by atoms with Crippen LogP contribution in [0.3, 0.4) is 0 Å². The van der Waals surface area contributed by atoms with Crippen molar-refractivity contribution in [1.82, 2.24) is 4.90 Å². The highest BCUT2D eigenvalue weighted by Crippen LogP contribution is 2.20. The van der Waals surface area contributed by atoms with E-state index in [2.05, 4.69) is 6.07 Å². The summed E-state index contributed by atoms with van der Waals surface area (Å²) in [6.07, 6.45) is 2.82. The molecule has 0 aliphatic carbocycles. The zero-order valence-electron chi connectivity index (χ0n) is 13.4. The zero-order valence-corrected chi connectivity index (χ0v) is 14.2. The smallest absolute Gasteiger partial charge is 0.311 e. The summed E-state index contributed by atoms with van der Waals surface area (Å²) in [6, 6.07) is 4.05. The van der Waals surface area contributed by atoms with E-state index >= 15 is 0 Å². The monoisotopic (exact) mass is 335 g/mol. The number of carbonyl (C=O) groups is 2. The van der Waals surface area contributed by atoms with Crippen LogP contribution in [0.25, 0.3) is 0 Å². The molecular formula is C17H21NO4S. The van der Waals surface area contributed by atoms with Crippen LogP contribution in [-0.4, -0.2) is 35.0 Å². The number of aliphatic carboxylic acids is 1. The molecular weight excluding hydrogens is 314 g/mol. The summed E-state index contributed by atoms with van der Waals surface area (Å²) in [5, 5.41) is 11.0. The summed E-state index contributed by atoms with van der Waals surface area (Å²) in [4.78, 5) is 26.8. The number of furan rings is 1. The normalized spacial score (nSPS) is 10.7. The Balaban J connectivity index is 2.16. The fraction of sp³-hybridized carbons (Fsp3) is 0.412. The Kier molecular flexibility index (Phi) is 5.98. The van der Waals surface area contributed by atoms with E-state index in [0.717, 1.165) is 12.8 Å². The molecule has 1 amide bonds. The van der Waals surface area contributed by atoms with Crippen molar-refractivity contribution >= 4 is 23.2 Å². The van der Waals surface area contributed by atoms with Crippen molar-refractivity contribution in [3.63, 3.8) is 0 Å². The van der Waals surface area contributed by atoms with E-state index < -0.39 is 5.97 Å². The molecule has 0 aliphatic heterocycles. The van der Waals surface area contributed by atoms with E-state index in [4.69, 9.17) is 9.52 Å². The predicted molar refractivity (Wildman–Crippen MR) is 89.0 cm³/mol. The molecule has 0 saturated carbocycles. The molecule has 0 bridgehead atoms. The molecule has 0 aliphatic rings. The van der Waals surface area contributed by atoms with Gasteiger partial charge in [0.15, 0.2) is 0 Å². The Morgan fingerprint density at radius 1 is 1.35 bits per heavy atom. The molecule has 5 nitrogen and oxygen atoms in total. The van der Waals surface area contributed by atoms with Crippen molar-refractivity contribution < 1.29 is 19.1 Å². The van der Waals surface area contributed by atoms with Crippen molar-refractivity contribution in [3.05, 3.63) is 45.5 Å². The van der Waals surface area contributed by atoms with Gasteiger partial charge in [-0.2, -0.15) is 0 Å². The van der Waals surface area contributed by atoms with Gasteiger partial charge in [0, 0.05) is 23.5 Å². The van der Waals surface area contributed by atoms with Crippen LogP contribution in [0.2, 0.25) is 0 Å². The van der Waals surface area contributed by atoms with E-state index in [9.17, 15) is 9.59 Å². The largest absolute Gasteiger partial charge is 0.481 e. The molecule has 6 heteroatoms. The van der Waals surface area contributed by atoms with E-state index in [1.165, 1.54) is 11.1 Å². The van der Waals surface area contributed by atoms with Gasteiger partial charge in [-0.15, -0.1) is 11.3 Å². The van der Waals surface area contributed by atoms with E-state index in [0.29, 0.717) is 24.2 Å². The number of nitrogens with zero attached hydrogens (tertiary/aromatic N) is 1. The minimum Gasteiger partial charge on any atom is -0.481 e. The highest BCUT2D eigenvalue weighted by molar-refractivity contribution is 7.09. The van der Waals surface area contributed by atoms with Crippen LogP contribution in [0, 0.1) is 6.92 Å². The van der Waals surface area contributed by atoms with Crippen LogP contribution in [0.4, 0.5) is 0 Å². The summed E-state index contributed by atoms with van der Waals surface area (Å²) in [5.41, 5.74) is 1.08. The fourth-order valence-electron chi connectivity index (χ4n) is 2.50. The molecule has 0 fully saturated rings. The first-order valence-corrected chi connectivity index (χ1v) is 8.51. The SMILES string of the molecule is CCCN(CCc1cccs1)C(=O)c1c(C)coc1CC(=O)O.